The summed E-state index contributed by atoms with van der Waals surface area (Å²) in [5, 5.41) is 4.15. The Hall–Kier alpha value is -2.16. The molecule has 86 valence electrons. The number of benzene rings is 1. The molecule has 2 aromatic rings. The molecule has 1 heterocycles. The van der Waals surface area contributed by atoms with Crippen molar-refractivity contribution in [1.82, 2.24) is 10.4 Å². The molecule has 0 fully saturated rings. The lowest BCUT2D eigenvalue weighted by Crippen LogP contribution is -2.02. The molecule has 0 aliphatic rings. The number of hydrazone groups is 1. The Morgan fingerprint density at radius 2 is 1.88 bits per heavy atom. The zero-order valence-electron chi connectivity index (χ0n) is 10.0. The molecule has 0 atom stereocenters. The monoisotopic (exact) mass is 225 g/mol. The number of pyridine rings is 1. The van der Waals surface area contributed by atoms with Crippen LogP contribution in [-0.2, 0) is 0 Å². The fourth-order valence-corrected chi connectivity index (χ4v) is 1.65. The Morgan fingerprint density at radius 1 is 1.12 bits per heavy atom. The summed E-state index contributed by atoms with van der Waals surface area (Å²) in [6, 6.07) is 14.1. The summed E-state index contributed by atoms with van der Waals surface area (Å²) in [5.74, 6) is 0. The van der Waals surface area contributed by atoms with Crippen LogP contribution in [0.3, 0.4) is 0 Å². The van der Waals surface area contributed by atoms with E-state index in [0.717, 1.165) is 22.5 Å². The van der Waals surface area contributed by atoms with Crippen molar-refractivity contribution in [3.63, 3.8) is 0 Å². The van der Waals surface area contributed by atoms with E-state index in [2.05, 4.69) is 39.8 Å². The number of aromatic nitrogens is 1. The highest BCUT2D eigenvalue weighted by molar-refractivity contribution is 5.98. The summed E-state index contributed by atoms with van der Waals surface area (Å²) < 4.78 is 0. The Kier molecular flexibility index (Phi) is 3.50. The molecule has 0 spiro atoms. The van der Waals surface area contributed by atoms with Gasteiger partial charge in [-0.2, -0.15) is 5.10 Å². The average Bonchev–Trinajstić information content (AvgIpc) is 2.40. The Labute approximate surface area is 101 Å². The van der Waals surface area contributed by atoms with Crippen LogP contribution in [0.1, 0.15) is 12.5 Å². The Morgan fingerprint density at radius 3 is 2.47 bits per heavy atom. The average molecular weight is 225 g/mol. The Bertz CT molecular complexity index is 501. The molecule has 0 saturated carbocycles. The first-order valence-corrected chi connectivity index (χ1v) is 5.54. The van der Waals surface area contributed by atoms with Gasteiger partial charge in [-0.05, 0) is 24.6 Å². The van der Waals surface area contributed by atoms with E-state index in [1.165, 1.54) is 0 Å². The lowest BCUT2D eigenvalue weighted by Gasteiger charge is -2.03. The van der Waals surface area contributed by atoms with Gasteiger partial charge in [0.2, 0.25) is 0 Å². The predicted molar refractivity (Wildman–Crippen MR) is 70.9 cm³/mol. The van der Waals surface area contributed by atoms with Crippen LogP contribution in [0.4, 0.5) is 0 Å². The van der Waals surface area contributed by atoms with Crippen LogP contribution in [-0.4, -0.2) is 17.7 Å². The summed E-state index contributed by atoms with van der Waals surface area (Å²) in [7, 11) is 1.80. The van der Waals surface area contributed by atoms with Crippen molar-refractivity contribution in [2.45, 2.75) is 6.92 Å². The molecule has 0 bridgehead atoms. The van der Waals surface area contributed by atoms with Gasteiger partial charge in [-0.3, -0.25) is 4.98 Å². The molecule has 17 heavy (non-hydrogen) atoms. The molecule has 1 aromatic heterocycles. The van der Waals surface area contributed by atoms with Crippen LogP contribution in [0.2, 0.25) is 0 Å². The molecule has 0 aliphatic heterocycles. The van der Waals surface area contributed by atoms with E-state index >= 15 is 0 Å². The first-order valence-electron chi connectivity index (χ1n) is 5.54. The summed E-state index contributed by atoms with van der Waals surface area (Å²) in [5.41, 5.74) is 6.98. The van der Waals surface area contributed by atoms with Crippen molar-refractivity contribution < 1.29 is 0 Å². The zero-order chi connectivity index (χ0) is 12.1. The van der Waals surface area contributed by atoms with Crippen LogP contribution in [0.15, 0.2) is 53.8 Å². The van der Waals surface area contributed by atoms with Gasteiger partial charge in [0, 0.05) is 18.8 Å². The van der Waals surface area contributed by atoms with E-state index in [0.29, 0.717) is 0 Å². The molecule has 0 amide bonds. The van der Waals surface area contributed by atoms with Gasteiger partial charge in [-0.15, -0.1) is 0 Å². The smallest absolute Gasteiger partial charge is 0.0701 e. The van der Waals surface area contributed by atoms with Gasteiger partial charge in [-0.1, -0.05) is 30.3 Å². The maximum Gasteiger partial charge on any atom is 0.0701 e. The molecule has 3 nitrogen and oxygen atoms in total. The SMILES string of the molecule is CN/N=C(/C)c1ccc(-c2ccccn2)cc1. The summed E-state index contributed by atoms with van der Waals surface area (Å²) in [4.78, 5) is 4.32. The molecular weight excluding hydrogens is 210 g/mol. The third-order valence-electron chi connectivity index (χ3n) is 2.54. The maximum atomic E-state index is 4.32. The van der Waals surface area contributed by atoms with Crippen LogP contribution in [0, 0.1) is 0 Å². The van der Waals surface area contributed by atoms with E-state index < -0.39 is 0 Å². The summed E-state index contributed by atoms with van der Waals surface area (Å²) in [6.45, 7) is 1.98. The van der Waals surface area contributed by atoms with Gasteiger partial charge in [0.15, 0.2) is 0 Å². The van der Waals surface area contributed by atoms with Crippen molar-refractivity contribution in [3.05, 3.63) is 54.2 Å². The van der Waals surface area contributed by atoms with Gasteiger partial charge < -0.3 is 5.43 Å². The van der Waals surface area contributed by atoms with E-state index in [9.17, 15) is 0 Å². The third kappa shape index (κ3) is 2.69. The molecule has 0 radical (unpaired) electrons. The largest absolute Gasteiger partial charge is 0.313 e. The minimum absolute atomic E-state index is 0.972. The van der Waals surface area contributed by atoms with Gasteiger partial charge in [0.1, 0.15) is 0 Å². The second-order valence-electron chi connectivity index (χ2n) is 3.71. The van der Waals surface area contributed by atoms with Crippen molar-refractivity contribution in [3.8, 4) is 11.3 Å². The second kappa shape index (κ2) is 5.25. The fourth-order valence-electron chi connectivity index (χ4n) is 1.65. The fraction of sp³-hybridized carbons (Fsp3) is 0.143. The van der Waals surface area contributed by atoms with Crippen LogP contribution < -0.4 is 5.43 Å². The molecule has 0 aliphatic carbocycles. The highest BCUT2D eigenvalue weighted by Gasteiger charge is 2.00. The highest BCUT2D eigenvalue weighted by Crippen LogP contribution is 2.17. The molecule has 3 heteroatoms. The topological polar surface area (TPSA) is 37.3 Å². The molecule has 2 rings (SSSR count). The van der Waals surface area contributed by atoms with Crippen molar-refractivity contribution >= 4 is 5.71 Å². The van der Waals surface area contributed by atoms with Crippen molar-refractivity contribution in [2.75, 3.05) is 7.05 Å². The van der Waals surface area contributed by atoms with E-state index in [1.807, 2.05) is 25.1 Å². The lowest BCUT2D eigenvalue weighted by atomic mass is 10.1. The van der Waals surface area contributed by atoms with Gasteiger partial charge in [0.25, 0.3) is 0 Å². The van der Waals surface area contributed by atoms with Gasteiger partial charge in [0.05, 0.1) is 11.4 Å². The third-order valence-corrected chi connectivity index (χ3v) is 2.54. The molecular formula is C14H15N3. The first-order chi connectivity index (χ1) is 8.31. The highest BCUT2D eigenvalue weighted by atomic mass is 15.3. The summed E-state index contributed by atoms with van der Waals surface area (Å²) >= 11 is 0. The van der Waals surface area contributed by atoms with Crippen molar-refractivity contribution in [2.24, 2.45) is 5.10 Å². The van der Waals surface area contributed by atoms with Crippen LogP contribution in [0.25, 0.3) is 11.3 Å². The van der Waals surface area contributed by atoms with E-state index in [-0.39, 0.29) is 0 Å². The number of rotatable bonds is 3. The lowest BCUT2D eigenvalue weighted by molar-refractivity contribution is 0.900. The quantitative estimate of drug-likeness (QED) is 0.644. The number of nitrogens with one attached hydrogen (secondary N) is 1. The van der Waals surface area contributed by atoms with Crippen molar-refractivity contribution in [1.29, 1.82) is 0 Å². The Balaban J connectivity index is 2.28. The minimum Gasteiger partial charge on any atom is -0.313 e. The van der Waals surface area contributed by atoms with E-state index in [1.54, 1.807) is 13.2 Å². The summed E-state index contributed by atoms with van der Waals surface area (Å²) in [6.07, 6.45) is 1.80. The maximum absolute atomic E-state index is 4.32. The number of hydrogen-bond donors (Lipinski definition) is 1. The first kappa shape index (κ1) is 11.3. The molecule has 0 saturated heterocycles. The van der Waals surface area contributed by atoms with Gasteiger partial charge in [-0.25, -0.2) is 0 Å². The number of hydrogen-bond acceptors (Lipinski definition) is 3. The van der Waals surface area contributed by atoms with Crippen LogP contribution >= 0.6 is 0 Å². The molecule has 1 N–H and O–H groups in total. The minimum atomic E-state index is 0.972. The second-order valence-corrected chi connectivity index (χ2v) is 3.71. The predicted octanol–water partition coefficient (Wildman–Crippen LogP) is 2.69. The van der Waals surface area contributed by atoms with Gasteiger partial charge >= 0.3 is 0 Å². The van der Waals surface area contributed by atoms with E-state index in [4.69, 9.17) is 0 Å². The molecule has 0 unspecified atom stereocenters. The standard InChI is InChI=1S/C14H15N3/c1-11(17-15-2)12-6-8-13(9-7-12)14-5-3-4-10-16-14/h3-10,15H,1-2H3/b17-11-. The van der Waals surface area contributed by atoms with Crippen LogP contribution in [0.5, 0.6) is 0 Å². The zero-order valence-corrected chi connectivity index (χ0v) is 10.0. The number of nitrogens with zero attached hydrogens (tertiary/aromatic N) is 2. The normalized spacial score (nSPS) is 11.3. The molecule has 1 aromatic carbocycles.